The predicted octanol–water partition coefficient (Wildman–Crippen LogP) is 2.77. The summed E-state index contributed by atoms with van der Waals surface area (Å²) in [6.45, 7) is 4.83. The summed E-state index contributed by atoms with van der Waals surface area (Å²) in [5, 5.41) is 0. The van der Waals surface area contributed by atoms with Crippen molar-refractivity contribution < 1.29 is 27.5 Å². The monoisotopic (exact) mass is 328 g/mol. The van der Waals surface area contributed by atoms with Crippen molar-refractivity contribution in [3.8, 4) is 0 Å². The zero-order valence-electron chi connectivity index (χ0n) is 12.3. The predicted molar refractivity (Wildman–Crippen MR) is 76.7 cm³/mol. The van der Waals surface area contributed by atoms with Gasteiger partial charge >= 0.3 is 12.3 Å². The summed E-state index contributed by atoms with van der Waals surface area (Å²) in [4.78, 5) is 23.9. The van der Waals surface area contributed by atoms with Crippen molar-refractivity contribution in [3.63, 3.8) is 0 Å². The number of nitrogens with zero attached hydrogens (tertiary/aromatic N) is 1. The number of aryl methyl sites for hydroxylation is 1. The van der Waals surface area contributed by atoms with Crippen molar-refractivity contribution in [1.82, 2.24) is 0 Å². The second-order valence-electron chi connectivity index (χ2n) is 5.29. The number of primary amides is 1. The molecular weight excluding hydrogens is 313 g/mol. The van der Waals surface area contributed by atoms with E-state index in [0.717, 1.165) is 11.0 Å². The summed E-state index contributed by atoms with van der Waals surface area (Å²) in [5.74, 6) is -0.714. The van der Waals surface area contributed by atoms with Crippen molar-refractivity contribution in [2.24, 2.45) is 5.73 Å². The fourth-order valence-corrected chi connectivity index (χ4v) is 2.30. The lowest BCUT2D eigenvalue weighted by atomic mass is 10.1. The van der Waals surface area contributed by atoms with E-state index in [4.69, 9.17) is 10.5 Å². The molecular formula is C15H15F3N2O3. The van der Waals surface area contributed by atoms with Gasteiger partial charge in [-0.25, -0.2) is 4.79 Å². The standard InChI is InChI=1S/C15H15F3N2O3/c1-8-3-4-10(6-12(8)15(16,17)18)20-7-11(23-14(20)22)5-9(2)13(19)21/h3-4,6,11H,2,5,7H2,1H3,(H2,19,21)/t11-/m1/s1. The van der Waals surface area contributed by atoms with Crippen LogP contribution in [0.4, 0.5) is 23.7 Å². The first-order chi connectivity index (χ1) is 10.6. The summed E-state index contributed by atoms with van der Waals surface area (Å²) in [6.07, 6.45) is -5.93. The van der Waals surface area contributed by atoms with E-state index in [2.05, 4.69) is 6.58 Å². The number of cyclic esters (lactones) is 1. The van der Waals surface area contributed by atoms with E-state index in [1.54, 1.807) is 0 Å². The van der Waals surface area contributed by atoms with E-state index < -0.39 is 29.8 Å². The molecule has 1 aromatic carbocycles. The molecule has 0 aromatic heterocycles. The number of alkyl halides is 3. The molecule has 1 aliphatic heterocycles. The van der Waals surface area contributed by atoms with Gasteiger partial charge in [0, 0.05) is 17.7 Å². The number of hydrogen-bond acceptors (Lipinski definition) is 3. The van der Waals surface area contributed by atoms with Gasteiger partial charge in [-0.05, 0) is 24.6 Å². The summed E-state index contributed by atoms with van der Waals surface area (Å²) in [7, 11) is 0. The van der Waals surface area contributed by atoms with Gasteiger partial charge in [-0.2, -0.15) is 13.2 Å². The molecule has 0 bridgehead atoms. The Morgan fingerprint density at radius 3 is 2.70 bits per heavy atom. The maximum atomic E-state index is 13.0. The number of hydrogen-bond donors (Lipinski definition) is 1. The molecule has 1 heterocycles. The van der Waals surface area contributed by atoms with Gasteiger partial charge in [-0.3, -0.25) is 9.69 Å². The number of benzene rings is 1. The zero-order chi connectivity index (χ0) is 17.4. The Kier molecular flexibility index (Phi) is 4.35. The van der Waals surface area contributed by atoms with Crippen molar-refractivity contribution in [1.29, 1.82) is 0 Å². The van der Waals surface area contributed by atoms with Gasteiger partial charge in [0.2, 0.25) is 5.91 Å². The third-order valence-corrected chi connectivity index (χ3v) is 3.53. The maximum absolute atomic E-state index is 13.0. The first-order valence-corrected chi connectivity index (χ1v) is 6.73. The number of anilines is 1. The first-order valence-electron chi connectivity index (χ1n) is 6.73. The highest BCUT2D eigenvalue weighted by molar-refractivity contribution is 5.92. The molecule has 0 radical (unpaired) electrons. The van der Waals surface area contributed by atoms with E-state index >= 15 is 0 Å². The molecule has 0 spiro atoms. The van der Waals surface area contributed by atoms with Gasteiger partial charge in [0.1, 0.15) is 6.10 Å². The van der Waals surface area contributed by atoms with Crippen LogP contribution in [0.2, 0.25) is 0 Å². The molecule has 1 fully saturated rings. The summed E-state index contributed by atoms with van der Waals surface area (Å²) in [5.41, 5.74) is 4.48. The number of nitrogens with two attached hydrogens (primary N) is 1. The van der Waals surface area contributed by atoms with Crippen LogP contribution in [0, 0.1) is 6.92 Å². The molecule has 124 valence electrons. The van der Waals surface area contributed by atoms with E-state index in [9.17, 15) is 22.8 Å². The van der Waals surface area contributed by atoms with Crippen molar-refractivity contribution >= 4 is 17.7 Å². The van der Waals surface area contributed by atoms with Crippen LogP contribution in [0.3, 0.4) is 0 Å². The Morgan fingerprint density at radius 1 is 1.48 bits per heavy atom. The molecule has 5 nitrogen and oxygen atoms in total. The van der Waals surface area contributed by atoms with Crippen LogP contribution in [0.1, 0.15) is 17.5 Å². The smallest absolute Gasteiger partial charge is 0.416 e. The molecule has 0 aliphatic carbocycles. The van der Waals surface area contributed by atoms with Crippen LogP contribution >= 0.6 is 0 Å². The molecule has 1 atom stereocenters. The number of rotatable bonds is 4. The SMILES string of the molecule is C=C(C[C@@H]1CN(c2ccc(C)c(C(F)(F)F)c2)C(=O)O1)C(N)=O. The molecule has 23 heavy (non-hydrogen) atoms. The number of carbonyl (C=O) groups is 2. The fraction of sp³-hybridized carbons (Fsp3) is 0.333. The van der Waals surface area contributed by atoms with Gasteiger partial charge in [-0.1, -0.05) is 12.6 Å². The number of halogens is 3. The largest absolute Gasteiger partial charge is 0.444 e. The van der Waals surface area contributed by atoms with Crippen molar-refractivity contribution in [2.45, 2.75) is 25.6 Å². The molecule has 2 N–H and O–H groups in total. The average Bonchev–Trinajstić information content (AvgIpc) is 2.78. The summed E-state index contributed by atoms with van der Waals surface area (Å²) < 4.78 is 43.9. The van der Waals surface area contributed by atoms with E-state index in [1.165, 1.54) is 19.1 Å². The maximum Gasteiger partial charge on any atom is 0.416 e. The Balaban J connectivity index is 2.21. The number of amides is 2. The normalized spacial score (nSPS) is 18.0. The lowest BCUT2D eigenvalue weighted by Gasteiger charge is -2.17. The van der Waals surface area contributed by atoms with Crippen LogP contribution in [0.15, 0.2) is 30.4 Å². The Labute approximate surface area is 130 Å². The Bertz CT molecular complexity index is 670. The van der Waals surface area contributed by atoms with Crippen molar-refractivity contribution in [2.75, 3.05) is 11.4 Å². The van der Waals surface area contributed by atoms with Gasteiger partial charge in [0.25, 0.3) is 0 Å². The van der Waals surface area contributed by atoms with Gasteiger partial charge < -0.3 is 10.5 Å². The van der Waals surface area contributed by atoms with Crippen LogP contribution in [-0.4, -0.2) is 24.6 Å². The number of carbonyl (C=O) groups excluding carboxylic acids is 2. The van der Waals surface area contributed by atoms with Crippen molar-refractivity contribution in [3.05, 3.63) is 41.5 Å². The molecule has 2 rings (SSSR count). The zero-order valence-corrected chi connectivity index (χ0v) is 12.3. The Hall–Kier alpha value is -2.51. The quantitative estimate of drug-likeness (QED) is 0.864. The minimum absolute atomic E-state index is 0.0193. The minimum Gasteiger partial charge on any atom is -0.444 e. The average molecular weight is 328 g/mol. The molecule has 8 heteroatoms. The van der Waals surface area contributed by atoms with E-state index in [1.807, 2.05) is 0 Å². The second kappa shape index (κ2) is 5.94. The third-order valence-electron chi connectivity index (χ3n) is 3.53. The first kappa shape index (κ1) is 16.9. The van der Waals surface area contributed by atoms with Crippen LogP contribution in [0.25, 0.3) is 0 Å². The molecule has 0 saturated carbocycles. The molecule has 1 aliphatic rings. The summed E-state index contributed by atoms with van der Waals surface area (Å²) >= 11 is 0. The highest BCUT2D eigenvalue weighted by Gasteiger charge is 2.36. The van der Waals surface area contributed by atoms with Crippen LogP contribution in [-0.2, 0) is 15.7 Å². The van der Waals surface area contributed by atoms with E-state index in [-0.39, 0.29) is 29.8 Å². The highest BCUT2D eigenvalue weighted by Crippen LogP contribution is 2.35. The molecule has 1 saturated heterocycles. The second-order valence-corrected chi connectivity index (χ2v) is 5.29. The lowest BCUT2D eigenvalue weighted by Crippen LogP contribution is -2.26. The third kappa shape index (κ3) is 3.64. The fourth-order valence-electron chi connectivity index (χ4n) is 2.30. The molecule has 2 amide bonds. The molecule has 0 unspecified atom stereocenters. The summed E-state index contributed by atoms with van der Waals surface area (Å²) in [6, 6.07) is 3.61. The van der Waals surface area contributed by atoms with Gasteiger partial charge in [0.05, 0.1) is 12.1 Å². The minimum atomic E-state index is -4.51. The molecule has 1 aromatic rings. The lowest BCUT2D eigenvalue weighted by molar-refractivity contribution is -0.138. The van der Waals surface area contributed by atoms with Gasteiger partial charge in [-0.15, -0.1) is 0 Å². The van der Waals surface area contributed by atoms with Crippen LogP contribution < -0.4 is 10.6 Å². The van der Waals surface area contributed by atoms with Crippen LogP contribution in [0.5, 0.6) is 0 Å². The highest BCUT2D eigenvalue weighted by atomic mass is 19.4. The van der Waals surface area contributed by atoms with Gasteiger partial charge in [0.15, 0.2) is 0 Å². The topological polar surface area (TPSA) is 72.6 Å². The Morgan fingerprint density at radius 2 is 2.13 bits per heavy atom. The van der Waals surface area contributed by atoms with E-state index in [0.29, 0.717) is 0 Å². The number of ether oxygens (including phenoxy) is 1.